The number of nitrogens with one attached hydrogen (secondary N) is 1. The van der Waals surface area contributed by atoms with Gasteiger partial charge in [0.15, 0.2) is 12.4 Å². The Morgan fingerprint density at radius 2 is 1.81 bits per heavy atom. The van der Waals surface area contributed by atoms with Crippen molar-refractivity contribution in [1.29, 1.82) is 0 Å². The number of amides is 1. The van der Waals surface area contributed by atoms with Crippen LogP contribution in [0, 0.1) is 0 Å². The van der Waals surface area contributed by atoms with Crippen molar-refractivity contribution in [2.45, 2.75) is 13.3 Å². The number of hydrogen-bond donors (Lipinski definition) is 2. The number of ether oxygens (including phenoxy) is 1. The maximum absolute atomic E-state index is 12.1. The first-order valence-corrected chi connectivity index (χ1v) is 8.33. The first kappa shape index (κ1) is 19.5. The molecule has 0 aliphatic heterocycles. The zero-order valence-electron chi connectivity index (χ0n) is 14.3. The van der Waals surface area contributed by atoms with Gasteiger partial charge in [-0.2, -0.15) is 0 Å². The first-order chi connectivity index (χ1) is 12.4. The number of rotatable bonds is 7. The van der Waals surface area contributed by atoms with E-state index in [-0.39, 0.29) is 29.5 Å². The van der Waals surface area contributed by atoms with E-state index in [1.165, 1.54) is 25.1 Å². The number of Topliss-reactive ketones (excluding diaryl/α,β-unsaturated/α-hetero) is 1. The van der Waals surface area contributed by atoms with Crippen LogP contribution < -0.4 is 11.1 Å². The van der Waals surface area contributed by atoms with E-state index in [0.29, 0.717) is 23.6 Å². The van der Waals surface area contributed by atoms with Crippen molar-refractivity contribution in [2.75, 3.05) is 18.9 Å². The van der Waals surface area contributed by atoms with Crippen LogP contribution in [0.25, 0.3) is 0 Å². The molecular weight excluding hydrogens is 356 g/mol. The van der Waals surface area contributed by atoms with Gasteiger partial charge in [-0.15, -0.1) is 0 Å². The van der Waals surface area contributed by atoms with Crippen LogP contribution in [0.15, 0.2) is 42.5 Å². The Morgan fingerprint density at radius 3 is 2.42 bits per heavy atom. The summed E-state index contributed by atoms with van der Waals surface area (Å²) in [5.41, 5.74) is 7.50. The van der Waals surface area contributed by atoms with Crippen LogP contribution in [-0.4, -0.2) is 30.8 Å². The number of halogens is 1. The number of nitrogen functional groups attached to an aromatic ring is 1. The SMILES string of the molecule is CC(=O)NCCc1ccc(C(=O)COC(=O)c2ccc(Cl)cc2N)cc1. The zero-order chi connectivity index (χ0) is 19.1. The van der Waals surface area contributed by atoms with E-state index in [1.807, 2.05) is 0 Å². The Bertz CT molecular complexity index is 819. The van der Waals surface area contributed by atoms with Gasteiger partial charge in [-0.05, 0) is 30.2 Å². The smallest absolute Gasteiger partial charge is 0.340 e. The fourth-order valence-electron chi connectivity index (χ4n) is 2.25. The minimum absolute atomic E-state index is 0.0834. The Balaban J connectivity index is 1.89. The lowest BCUT2D eigenvalue weighted by Crippen LogP contribution is -2.22. The van der Waals surface area contributed by atoms with E-state index in [9.17, 15) is 14.4 Å². The van der Waals surface area contributed by atoms with Gasteiger partial charge in [-0.3, -0.25) is 9.59 Å². The van der Waals surface area contributed by atoms with E-state index in [0.717, 1.165) is 5.56 Å². The van der Waals surface area contributed by atoms with Gasteiger partial charge in [0.25, 0.3) is 0 Å². The number of anilines is 1. The summed E-state index contributed by atoms with van der Waals surface area (Å²) >= 11 is 5.78. The summed E-state index contributed by atoms with van der Waals surface area (Å²) in [5, 5.41) is 3.12. The fraction of sp³-hybridized carbons (Fsp3) is 0.211. The molecule has 0 spiro atoms. The molecule has 0 aliphatic rings. The summed E-state index contributed by atoms with van der Waals surface area (Å²) in [4.78, 5) is 35.0. The van der Waals surface area contributed by atoms with Crippen molar-refractivity contribution in [2.24, 2.45) is 0 Å². The topological polar surface area (TPSA) is 98.5 Å². The molecule has 6 nitrogen and oxygen atoms in total. The van der Waals surface area contributed by atoms with Crippen LogP contribution in [0.3, 0.4) is 0 Å². The van der Waals surface area contributed by atoms with Crippen LogP contribution in [0.4, 0.5) is 5.69 Å². The van der Waals surface area contributed by atoms with Gasteiger partial charge >= 0.3 is 5.97 Å². The standard InChI is InChI=1S/C19H19ClN2O4/c1-12(23)22-9-8-13-2-4-14(5-3-13)18(24)11-26-19(25)16-7-6-15(20)10-17(16)21/h2-7,10H,8-9,11,21H2,1H3,(H,22,23). The molecule has 0 heterocycles. The second kappa shape index (κ2) is 9.01. The third kappa shape index (κ3) is 5.60. The van der Waals surface area contributed by atoms with Crippen molar-refractivity contribution < 1.29 is 19.1 Å². The van der Waals surface area contributed by atoms with E-state index in [1.54, 1.807) is 24.3 Å². The predicted molar refractivity (Wildman–Crippen MR) is 99.3 cm³/mol. The lowest BCUT2D eigenvalue weighted by molar-refractivity contribution is -0.118. The van der Waals surface area contributed by atoms with Gasteiger partial charge in [-0.1, -0.05) is 35.9 Å². The number of ketones is 1. The summed E-state index contributed by atoms with van der Waals surface area (Å²) < 4.78 is 5.03. The van der Waals surface area contributed by atoms with Crippen molar-refractivity contribution in [3.8, 4) is 0 Å². The summed E-state index contributed by atoms with van der Waals surface area (Å²) in [6, 6.07) is 11.3. The van der Waals surface area contributed by atoms with Crippen molar-refractivity contribution in [3.63, 3.8) is 0 Å². The maximum atomic E-state index is 12.1. The first-order valence-electron chi connectivity index (χ1n) is 7.95. The quantitative estimate of drug-likeness (QED) is 0.441. The molecule has 136 valence electrons. The second-order valence-corrected chi connectivity index (χ2v) is 6.10. The Kier molecular flexibility index (Phi) is 6.74. The molecule has 0 unspecified atom stereocenters. The molecule has 2 rings (SSSR count). The molecule has 0 radical (unpaired) electrons. The van der Waals surface area contributed by atoms with Crippen LogP contribution >= 0.6 is 11.6 Å². The molecule has 1 amide bonds. The van der Waals surface area contributed by atoms with Crippen LogP contribution in [0.1, 0.15) is 33.2 Å². The number of esters is 1. The maximum Gasteiger partial charge on any atom is 0.340 e. The highest BCUT2D eigenvalue weighted by atomic mass is 35.5. The molecule has 0 saturated carbocycles. The average molecular weight is 375 g/mol. The Morgan fingerprint density at radius 1 is 1.12 bits per heavy atom. The van der Waals surface area contributed by atoms with Gasteiger partial charge in [0.1, 0.15) is 0 Å². The van der Waals surface area contributed by atoms with E-state index in [2.05, 4.69) is 5.32 Å². The minimum atomic E-state index is -0.681. The molecule has 0 aromatic heterocycles. The average Bonchev–Trinajstić information content (AvgIpc) is 2.59. The highest BCUT2D eigenvalue weighted by Gasteiger charge is 2.14. The molecule has 2 aromatic carbocycles. The zero-order valence-corrected chi connectivity index (χ0v) is 15.0. The largest absolute Gasteiger partial charge is 0.454 e. The number of benzene rings is 2. The van der Waals surface area contributed by atoms with E-state index >= 15 is 0 Å². The molecule has 0 bridgehead atoms. The molecule has 2 aromatic rings. The number of carbonyl (C=O) groups excluding carboxylic acids is 3. The third-order valence-electron chi connectivity index (χ3n) is 3.63. The Hall–Kier alpha value is -2.86. The van der Waals surface area contributed by atoms with Gasteiger partial charge in [0.05, 0.1) is 5.56 Å². The third-order valence-corrected chi connectivity index (χ3v) is 3.87. The van der Waals surface area contributed by atoms with Crippen molar-refractivity contribution in [3.05, 3.63) is 64.2 Å². The highest BCUT2D eigenvalue weighted by molar-refractivity contribution is 6.31. The second-order valence-electron chi connectivity index (χ2n) is 5.66. The van der Waals surface area contributed by atoms with Crippen molar-refractivity contribution >= 4 is 34.9 Å². The highest BCUT2D eigenvalue weighted by Crippen LogP contribution is 2.19. The fourth-order valence-corrected chi connectivity index (χ4v) is 2.43. The van der Waals surface area contributed by atoms with Crippen LogP contribution in [-0.2, 0) is 16.0 Å². The summed E-state index contributed by atoms with van der Waals surface area (Å²) in [5.74, 6) is -1.08. The number of nitrogens with two attached hydrogens (primary N) is 1. The van der Waals surface area contributed by atoms with Gasteiger partial charge < -0.3 is 15.8 Å². The molecular formula is C19H19ClN2O4. The minimum Gasteiger partial charge on any atom is -0.454 e. The molecule has 3 N–H and O–H groups in total. The molecule has 0 aliphatic carbocycles. The lowest BCUT2D eigenvalue weighted by Gasteiger charge is -2.08. The number of carbonyl (C=O) groups is 3. The van der Waals surface area contributed by atoms with Crippen LogP contribution in [0.2, 0.25) is 5.02 Å². The van der Waals surface area contributed by atoms with Gasteiger partial charge in [-0.25, -0.2) is 4.79 Å². The predicted octanol–water partition coefficient (Wildman–Crippen LogP) is 2.64. The molecule has 0 saturated heterocycles. The molecule has 7 heteroatoms. The summed E-state index contributed by atoms with van der Waals surface area (Å²) in [6.07, 6.45) is 0.666. The molecule has 0 atom stereocenters. The lowest BCUT2D eigenvalue weighted by atomic mass is 10.1. The van der Waals surface area contributed by atoms with Crippen LogP contribution in [0.5, 0.6) is 0 Å². The monoisotopic (exact) mass is 374 g/mol. The summed E-state index contributed by atoms with van der Waals surface area (Å²) in [6.45, 7) is 1.61. The Labute approximate surface area is 156 Å². The van der Waals surface area contributed by atoms with Gasteiger partial charge in [0.2, 0.25) is 5.91 Å². The van der Waals surface area contributed by atoms with E-state index < -0.39 is 5.97 Å². The van der Waals surface area contributed by atoms with Gasteiger partial charge in [0, 0.05) is 29.7 Å². The number of hydrogen-bond acceptors (Lipinski definition) is 5. The molecule has 0 fully saturated rings. The molecule has 26 heavy (non-hydrogen) atoms. The summed E-state index contributed by atoms with van der Waals surface area (Å²) in [7, 11) is 0. The van der Waals surface area contributed by atoms with E-state index in [4.69, 9.17) is 22.1 Å². The normalized spacial score (nSPS) is 10.2. The van der Waals surface area contributed by atoms with Crippen molar-refractivity contribution in [1.82, 2.24) is 5.32 Å².